The molecule has 1 aliphatic heterocycles. The summed E-state index contributed by atoms with van der Waals surface area (Å²) in [5.41, 5.74) is -0.141. The minimum Gasteiger partial charge on any atom is -0.324 e. The molecule has 0 unspecified atom stereocenters. The van der Waals surface area contributed by atoms with E-state index in [1.807, 2.05) is 0 Å². The van der Waals surface area contributed by atoms with E-state index in [-0.39, 0.29) is 23.8 Å². The molecule has 1 aliphatic rings. The van der Waals surface area contributed by atoms with Crippen LogP contribution in [0.5, 0.6) is 0 Å². The molecule has 0 aromatic heterocycles. The Morgan fingerprint density at radius 3 is 2.33 bits per heavy atom. The van der Waals surface area contributed by atoms with E-state index < -0.39 is 17.5 Å². The molecule has 4 nitrogen and oxygen atoms in total. The van der Waals surface area contributed by atoms with Gasteiger partial charge in [0.05, 0.1) is 11.3 Å². The van der Waals surface area contributed by atoms with Crippen molar-refractivity contribution in [1.29, 1.82) is 0 Å². The maximum absolute atomic E-state index is 14.2. The summed E-state index contributed by atoms with van der Waals surface area (Å²) in [6, 6.07) is 11.3. The molecular formula is C18H16F2N2O2. The first-order valence-electron chi connectivity index (χ1n) is 7.66. The van der Waals surface area contributed by atoms with Gasteiger partial charge in [-0.15, -0.1) is 0 Å². The molecule has 6 heteroatoms. The van der Waals surface area contributed by atoms with Gasteiger partial charge in [0.25, 0.3) is 5.91 Å². The van der Waals surface area contributed by atoms with Gasteiger partial charge in [0.1, 0.15) is 18.3 Å². The fraction of sp³-hybridized carbons (Fsp3) is 0.222. The van der Waals surface area contributed by atoms with Crippen molar-refractivity contribution in [3.05, 3.63) is 65.7 Å². The van der Waals surface area contributed by atoms with Gasteiger partial charge in [0.2, 0.25) is 5.91 Å². The molecule has 0 radical (unpaired) electrons. The molecule has 0 atom stereocenters. The normalized spacial score (nSPS) is 14.1. The minimum absolute atomic E-state index is 0.0189. The van der Waals surface area contributed by atoms with Crippen LogP contribution in [0.2, 0.25) is 0 Å². The first-order chi connectivity index (χ1) is 11.6. The molecule has 2 amide bonds. The van der Waals surface area contributed by atoms with E-state index in [9.17, 15) is 18.4 Å². The van der Waals surface area contributed by atoms with Crippen molar-refractivity contribution >= 4 is 17.5 Å². The Kier molecular flexibility index (Phi) is 4.55. The molecule has 0 spiro atoms. The van der Waals surface area contributed by atoms with Gasteiger partial charge in [-0.2, -0.15) is 0 Å². The summed E-state index contributed by atoms with van der Waals surface area (Å²) in [6.45, 7) is 0.390. The third-order valence-electron chi connectivity index (χ3n) is 3.98. The van der Waals surface area contributed by atoms with Crippen molar-refractivity contribution in [3.63, 3.8) is 0 Å². The number of rotatable bonds is 4. The van der Waals surface area contributed by atoms with Crippen LogP contribution in [0.1, 0.15) is 23.2 Å². The summed E-state index contributed by atoms with van der Waals surface area (Å²) in [5, 5.41) is 0. The quantitative estimate of drug-likeness (QED) is 0.864. The molecule has 2 aromatic rings. The molecule has 0 saturated carbocycles. The van der Waals surface area contributed by atoms with Crippen molar-refractivity contribution < 1.29 is 18.4 Å². The largest absolute Gasteiger partial charge is 0.324 e. The van der Waals surface area contributed by atoms with Crippen molar-refractivity contribution in [2.75, 3.05) is 18.1 Å². The average Bonchev–Trinajstić information content (AvgIpc) is 2.98. The Bertz CT molecular complexity index is 779. The third kappa shape index (κ3) is 3.13. The SMILES string of the molecule is O=C1CCCN1CN(C(=O)c1ccccc1F)c1ccccc1F. The number of carbonyl (C=O) groups is 2. The predicted octanol–water partition coefficient (Wildman–Crippen LogP) is 3.19. The fourth-order valence-corrected chi connectivity index (χ4v) is 2.72. The van der Waals surface area contributed by atoms with Gasteiger partial charge < -0.3 is 4.90 Å². The molecular weight excluding hydrogens is 314 g/mol. The van der Waals surface area contributed by atoms with Crippen LogP contribution < -0.4 is 4.90 Å². The van der Waals surface area contributed by atoms with E-state index in [0.29, 0.717) is 19.4 Å². The third-order valence-corrected chi connectivity index (χ3v) is 3.98. The lowest BCUT2D eigenvalue weighted by molar-refractivity contribution is -0.127. The van der Waals surface area contributed by atoms with E-state index in [0.717, 1.165) is 4.90 Å². The lowest BCUT2D eigenvalue weighted by Gasteiger charge is -2.28. The molecule has 1 fully saturated rings. The molecule has 124 valence electrons. The molecule has 1 saturated heterocycles. The predicted molar refractivity (Wildman–Crippen MR) is 85.4 cm³/mol. The number of hydrogen-bond acceptors (Lipinski definition) is 2. The average molecular weight is 330 g/mol. The number of benzene rings is 2. The Morgan fingerprint density at radius 2 is 1.71 bits per heavy atom. The summed E-state index contributed by atoms with van der Waals surface area (Å²) in [5.74, 6) is -2.07. The van der Waals surface area contributed by atoms with Crippen LogP contribution in [0.4, 0.5) is 14.5 Å². The monoisotopic (exact) mass is 330 g/mol. The number of anilines is 1. The van der Waals surface area contributed by atoms with E-state index >= 15 is 0 Å². The molecule has 2 aromatic carbocycles. The number of carbonyl (C=O) groups excluding carboxylic acids is 2. The molecule has 1 heterocycles. The summed E-state index contributed by atoms with van der Waals surface area (Å²) in [6.07, 6.45) is 1.09. The van der Waals surface area contributed by atoms with Gasteiger partial charge in [-0.1, -0.05) is 24.3 Å². The zero-order valence-electron chi connectivity index (χ0n) is 12.9. The number of halogens is 2. The van der Waals surface area contributed by atoms with Crippen molar-refractivity contribution in [2.24, 2.45) is 0 Å². The topological polar surface area (TPSA) is 40.6 Å². The Hall–Kier alpha value is -2.76. The standard InChI is InChI=1S/C18H16F2N2O2/c19-14-7-2-1-6-13(14)18(24)22(12-21-11-5-10-17(21)23)16-9-4-3-8-15(16)20/h1-4,6-9H,5,10-12H2. The van der Waals surface area contributed by atoms with Gasteiger partial charge in [-0.3, -0.25) is 14.5 Å². The van der Waals surface area contributed by atoms with Gasteiger partial charge in [0.15, 0.2) is 0 Å². The van der Waals surface area contributed by atoms with Crippen LogP contribution >= 0.6 is 0 Å². The maximum Gasteiger partial charge on any atom is 0.262 e. The highest BCUT2D eigenvalue weighted by Gasteiger charge is 2.28. The first kappa shape index (κ1) is 16.1. The van der Waals surface area contributed by atoms with Crippen LogP contribution in [-0.4, -0.2) is 29.9 Å². The zero-order chi connectivity index (χ0) is 17.1. The summed E-state index contributed by atoms with van der Waals surface area (Å²) in [4.78, 5) is 27.3. The van der Waals surface area contributed by atoms with Crippen LogP contribution in [0.25, 0.3) is 0 Å². The number of para-hydroxylation sites is 1. The van der Waals surface area contributed by atoms with E-state index in [1.165, 1.54) is 47.4 Å². The lowest BCUT2D eigenvalue weighted by Crippen LogP contribution is -2.43. The summed E-state index contributed by atoms with van der Waals surface area (Å²) >= 11 is 0. The first-order valence-corrected chi connectivity index (χ1v) is 7.66. The number of likely N-dealkylation sites (tertiary alicyclic amines) is 1. The second-order valence-electron chi connectivity index (χ2n) is 5.57. The molecule has 0 N–H and O–H groups in total. The smallest absolute Gasteiger partial charge is 0.262 e. The number of nitrogens with zero attached hydrogens (tertiary/aromatic N) is 2. The van der Waals surface area contributed by atoms with Gasteiger partial charge in [-0.05, 0) is 30.7 Å². The van der Waals surface area contributed by atoms with E-state index in [1.54, 1.807) is 6.07 Å². The molecule has 0 bridgehead atoms. The van der Waals surface area contributed by atoms with Crippen LogP contribution in [0.3, 0.4) is 0 Å². The van der Waals surface area contributed by atoms with Crippen LogP contribution in [0, 0.1) is 11.6 Å². The number of amides is 2. The van der Waals surface area contributed by atoms with E-state index in [4.69, 9.17) is 0 Å². The minimum atomic E-state index is -0.684. The highest BCUT2D eigenvalue weighted by Crippen LogP contribution is 2.23. The van der Waals surface area contributed by atoms with Crippen molar-refractivity contribution in [3.8, 4) is 0 Å². The Labute approximate surface area is 138 Å². The van der Waals surface area contributed by atoms with E-state index in [2.05, 4.69) is 0 Å². The summed E-state index contributed by atoms with van der Waals surface area (Å²) < 4.78 is 28.2. The molecule has 3 rings (SSSR count). The molecule has 24 heavy (non-hydrogen) atoms. The number of hydrogen-bond donors (Lipinski definition) is 0. The Balaban J connectivity index is 1.98. The highest BCUT2D eigenvalue weighted by atomic mass is 19.1. The summed E-state index contributed by atoms with van der Waals surface area (Å²) in [7, 11) is 0. The second kappa shape index (κ2) is 6.78. The van der Waals surface area contributed by atoms with Gasteiger partial charge in [-0.25, -0.2) is 8.78 Å². The van der Waals surface area contributed by atoms with Crippen molar-refractivity contribution in [2.45, 2.75) is 12.8 Å². The van der Waals surface area contributed by atoms with Crippen molar-refractivity contribution in [1.82, 2.24) is 4.90 Å². The van der Waals surface area contributed by atoms with Gasteiger partial charge in [0, 0.05) is 13.0 Å². The molecule has 0 aliphatic carbocycles. The van der Waals surface area contributed by atoms with Crippen LogP contribution in [0.15, 0.2) is 48.5 Å². The Morgan fingerprint density at radius 1 is 1.04 bits per heavy atom. The van der Waals surface area contributed by atoms with Crippen LogP contribution in [-0.2, 0) is 4.79 Å². The maximum atomic E-state index is 14.2. The van der Waals surface area contributed by atoms with Gasteiger partial charge >= 0.3 is 0 Å². The zero-order valence-corrected chi connectivity index (χ0v) is 12.9. The second-order valence-corrected chi connectivity index (χ2v) is 5.57. The fourth-order valence-electron chi connectivity index (χ4n) is 2.72. The lowest BCUT2D eigenvalue weighted by atomic mass is 10.1. The highest BCUT2D eigenvalue weighted by molar-refractivity contribution is 6.06.